The molecule has 0 aliphatic carbocycles. The van der Waals surface area contributed by atoms with Crippen LogP contribution >= 0.6 is 27.5 Å². The van der Waals surface area contributed by atoms with Crippen LogP contribution in [-0.2, 0) is 4.79 Å². The molecule has 1 aromatic carbocycles. The molecule has 1 rings (SSSR count). The Kier molecular flexibility index (Phi) is 6.75. The Balaban J connectivity index is 2.27. The zero-order valence-electron chi connectivity index (χ0n) is 9.71. The molecule has 2 N–H and O–H groups in total. The van der Waals surface area contributed by atoms with Crippen LogP contribution in [-0.4, -0.2) is 30.8 Å². The second-order valence-corrected chi connectivity index (χ2v) is 4.85. The molecule has 0 spiro atoms. The number of carbonyl (C=O) groups is 2. The van der Waals surface area contributed by atoms with Gasteiger partial charge in [-0.2, -0.15) is 0 Å². The van der Waals surface area contributed by atoms with Crippen molar-refractivity contribution in [2.75, 3.05) is 19.0 Å². The smallest absolute Gasteiger partial charge is 0.251 e. The van der Waals surface area contributed by atoms with Crippen LogP contribution in [0.4, 0.5) is 0 Å². The number of carbonyl (C=O) groups excluding carboxylic acids is 2. The first-order valence-electron chi connectivity index (χ1n) is 5.50. The zero-order valence-corrected chi connectivity index (χ0v) is 12.1. The molecular formula is C12H14BrClN2O2. The van der Waals surface area contributed by atoms with Crippen LogP contribution in [0, 0.1) is 0 Å². The summed E-state index contributed by atoms with van der Waals surface area (Å²) in [7, 11) is 0. The zero-order chi connectivity index (χ0) is 13.4. The lowest BCUT2D eigenvalue weighted by Gasteiger charge is -2.06. The van der Waals surface area contributed by atoms with Gasteiger partial charge >= 0.3 is 0 Å². The van der Waals surface area contributed by atoms with Gasteiger partial charge < -0.3 is 10.6 Å². The topological polar surface area (TPSA) is 58.2 Å². The second kappa shape index (κ2) is 8.11. The minimum absolute atomic E-state index is 0.110. The number of nitrogens with one attached hydrogen (secondary N) is 2. The normalized spacial score (nSPS) is 9.89. The Hall–Kier alpha value is -1.07. The van der Waals surface area contributed by atoms with Crippen molar-refractivity contribution in [2.24, 2.45) is 0 Å². The largest absolute Gasteiger partial charge is 0.354 e. The van der Waals surface area contributed by atoms with Crippen molar-refractivity contribution in [2.45, 2.75) is 6.42 Å². The third kappa shape index (κ3) is 5.51. The summed E-state index contributed by atoms with van der Waals surface area (Å²) < 4.78 is 0.852. The Labute approximate surface area is 119 Å². The van der Waals surface area contributed by atoms with Gasteiger partial charge in [-0.05, 0) is 18.2 Å². The van der Waals surface area contributed by atoms with Gasteiger partial charge in [0.15, 0.2) is 0 Å². The lowest BCUT2D eigenvalue weighted by molar-refractivity contribution is -0.120. The molecule has 2 amide bonds. The molecule has 0 bridgehead atoms. The first kappa shape index (κ1) is 15.0. The number of amides is 2. The second-order valence-electron chi connectivity index (χ2n) is 3.56. The number of hydrogen-bond acceptors (Lipinski definition) is 2. The van der Waals surface area contributed by atoms with Crippen molar-refractivity contribution < 1.29 is 9.59 Å². The van der Waals surface area contributed by atoms with Crippen molar-refractivity contribution in [3.63, 3.8) is 0 Å². The quantitative estimate of drug-likeness (QED) is 0.617. The SMILES string of the molecule is O=C(CCCl)NCCNC(=O)c1cccc(Br)c1. The average molecular weight is 334 g/mol. The van der Waals surface area contributed by atoms with Crippen molar-refractivity contribution in [1.82, 2.24) is 10.6 Å². The summed E-state index contributed by atoms with van der Waals surface area (Å²) in [4.78, 5) is 22.8. The third-order valence-corrected chi connectivity index (χ3v) is 2.82. The Morgan fingerprint density at radius 1 is 1.22 bits per heavy atom. The van der Waals surface area contributed by atoms with Crippen LogP contribution in [0.15, 0.2) is 28.7 Å². The molecule has 1 aromatic rings. The predicted molar refractivity (Wildman–Crippen MR) is 74.8 cm³/mol. The highest BCUT2D eigenvalue weighted by Gasteiger charge is 2.05. The molecule has 0 aliphatic rings. The van der Waals surface area contributed by atoms with E-state index < -0.39 is 0 Å². The number of halogens is 2. The van der Waals surface area contributed by atoms with E-state index in [1.165, 1.54) is 0 Å². The van der Waals surface area contributed by atoms with Crippen molar-refractivity contribution in [1.29, 1.82) is 0 Å². The van der Waals surface area contributed by atoms with E-state index in [0.717, 1.165) is 4.47 Å². The number of hydrogen-bond donors (Lipinski definition) is 2. The molecule has 98 valence electrons. The van der Waals surface area contributed by atoms with Gasteiger partial charge in [-0.15, -0.1) is 11.6 Å². The van der Waals surface area contributed by atoms with Gasteiger partial charge in [0.05, 0.1) is 0 Å². The lowest BCUT2D eigenvalue weighted by Crippen LogP contribution is -2.34. The Bertz CT molecular complexity index is 426. The molecular weight excluding hydrogens is 320 g/mol. The molecule has 0 saturated heterocycles. The summed E-state index contributed by atoms with van der Waals surface area (Å²) in [6, 6.07) is 7.11. The van der Waals surface area contributed by atoms with Crippen molar-refractivity contribution >= 4 is 39.3 Å². The summed E-state index contributed by atoms with van der Waals surface area (Å²) in [6.07, 6.45) is 0.293. The highest BCUT2D eigenvalue weighted by Crippen LogP contribution is 2.11. The van der Waals surface area contributed by atoms with Crippen LogP contribution in [0.3, 0.4) is 0 Å². The van der Waals surface area contributed by atoms with Gasteiger partial charge in [-0.25, -0.2) is 0 Å². The summed E-state index contributed by atoms with van der Waals surface area (Å²) in [5.41, 5.74) is 0.580. The molecule has 0 fully saturated rings. The van der Waals surface area contributed by atoms with E-state index in [0.29, 0.717) is 31.0 Å². The fraction of sp³-hybridized carbons (Fsp3) is 0.333. The van der Waals surface area contributed by atoms with Crippen LogP contribution in [0.1, 0.15) is 16.8 Å². The van der Waals surface area contributed by atoms with Crippen LogP contribution < -0.4 is 10.6 Å². The van der Waals surface area contributed by atoms with Crippen LogP contribution in [0.2, 0.25) is 0 Å². The standard InChI is InChI=1S/C12H14BrClN2O2/c13-10-3-1-2-9(8-10)12(18)16-7-6-15-11(17)4-5-14/h1-3,8H,4-7H2,(H,15,17)(H,16,18). The highest BCUT2D eigenvalue weighted by atomic mass is 79.9. The lowest BCUT2D eigenvalue weighted by atomic mass is 10.2. The molecule has 18 heavy (non-hydrogen) atoms. The van der Waals surface area contributed by atoms with E-state index in [1.54, 1.807) is 18.2 Å². The van der Waals surface area contributed by atoms with E-state index in [9.17, 15) is 9.59 Å². The molecule has 6 heteroatoms. The van der Waals surface area contributed by atoms with Gasteiger partial charge in [0.25, 0.3) is 5.91 Å². The van der Waals surface area contributed by atoms with Gasteiger partial charge in [0.1, 0.15) is 0 Å². The predicted octanol–water partition coefficient (Wildman–Crippen LogP) is 1.92. The van der Waals surface area contributed by atoms with Gasteiger partial charge in [0, 0.05) is 35.4 Å². The van der Waals surface area contributed by atoms with Gasteiger partial charge in [-0.3, -0.25) is 9.59 Å². The molecule has 0 aromatic heterocycles. The number of benzene rings is 1. The minimum atomic E-state index is -0.164. The maximum Gasteiger partial charge on any atom is 0.251 e. The summed E-state index contributed by atoms with van der Waals surface area (Å²) in [5.74, 6) is 0.0283. The molecule has 0 heterocycles. The molecule has 0 atom stereocenters. The molecule has 0 radical (unpaired) electrons. The first-order valence-corrected chi connectivity index (χ1v) is 6.82. The van der Waals surface area contributed by atoms with E-state index >= 15 is 0 Å². The summed E-state index contributed by atoms with van der Waals surface area (Å²) >= 11 is 8.72. The monoisotopic (exact) mass is 332 g/mol. The van der Waals surface area contributed by atoms with Gasteiger partial charge in [0.2, 0.25) is 5.91 Å². The minimum Gasteiger partial charge on any atom is -0.354 e. The molecule has 0 unspecified atom stereocenters. The van der Waals surface area contributed by atoms with E-state index in [-0.39, 0.29) is 11.8 Å². The summed E-state index contributed by atoms with van der Waals surface area (Å²) in [6.45, 7) is 0.787. The van der Waals surface area contributed by atoms with Crippen molar-refractivity contribution in [3.05, 3.63) is 34.3 Å². The maximum absolute atomic E-state index is 11.7. The van der Waals surface area contributed by atoms with E-state index in [1.807, 2.05) is 6.07 Å². The van der Waals surface area contributed by atoms with Gasteiger partial charge in [-0.1, -0.05) is 22.0 Å². The fourth-order valence-corrected chi connectivity index (χ4v) is 1.85. The third-order valence-electron chi connectivity index (χ3n) is 2.14. The average Bonchev–Trinajstić information content (AvgIpc) is 2.35. The number of alkyl halides is 1. The van der Waals surface area contributed by atoms with Crippen LogP contribution in [0.5, 0.6) is 0 Å². The van der Waals surface area contributed by atoms with E-state index in [2.05, 4.69) is 26.6 Å². The Morgan fingerprint density at radius 2 is 1.94 bits per heavy atom. The molecule has 4 nitrogen and oxygen atoms in total. The summed E-state index contributed by atoms with van der Waals surface area (Å²) in [5, 5.41) is 5.37. The maximum atomic E-state index is 11.7. The molecule has 0 saturated carbocycles. The van der Waals surface area contributed by atoms with E-state index in [4.69, 9.17) is 11.6 Å². The van der Waals surface area contributed by atoms with Crippen molar-refractivity contribution in [3.8, 4) is 0 Å². The highest BCUT2D eigenvalue weighted by molar-refractivity contribution is 9.10. The number of rotatable bonds is 6. The van der Waals surface area contributed by atoms with Crippen LogP contribution in [0.25, 0.3) is 0 Å². The molecule has 0 aliphatic heterocycles. The first-order chi connectivity index (χ1) is 8.63. The Morgan fingerprint density at radius 3 is 2.61 bits per heavy atom. The fourth-order valence-electron chi connectivity index (χ4n) is 1.28.